The molecule has 0 spiro atoms. The second-order valence-corrected chi connectivity index (χ2v) is 7.61. The molecule has 2 heterocycles. The summed E-state index contributed by atoms with van der Waals surface area (Å²) in [6, 6.07) is 2.91. The molecule has 2 aromatic rings. The van der Waals surface area contributed by atoms with Gasteiger partial charge in [-0.25, -0.2) is 4.98 Å². The molecule has 3 rings (SSSR count). The van der Waals surface area contributed by atoms with E-state index < -0.39 is 0 Å². The van der Waals surface area contributed by atoms with Crippen molar-refractivity contribution in [3.05, 3.63) is 31.9 Å². The van der Waals surface area contributed by atoms with Gasteiger partial charge in [0, 0.05) is 39.7 Å². The first-order chi connectivity index (χ1) is 9.20. The van der Waals surface area contributed by atoms with Gasteiger partial charge in [0.15, 0.2) is 5.13 Å². The molecule has 1 aliphatic rings. The lowest BCUT2D eigenvalue weighted by Gasteiger charge is -2.14. The van der Waals surface area contributed by atoms with Crippen LogP contribution >= 0.6 is 38.6 Å². The van der Waals surface area contributed by atoms with E-state index in [9.17, 15) is 0 Å². The first kappa shape index (κ1) is 13.5. The summed E-state index contributed by atoms with van der Waals surface area (Å²) in [6.45, 7) is 1.82. The van der Waals surface area contributed by atoms with Crippen LogP contribution in [0.5, 0.6) is 0 Å². The quantitative estimate of drug-likeness (QED) is 0.850. The molecular weight excluding hydrogens is 342 g/mol. The van der Waals surface area contributed by atoms with E-state index in [0.717, 1.165) is 34.4 Å². The number of hydrogen-bond acceptors (Lipinski definition) is 5. The standard InChI is InChI=1S/C13H16BrN3S2/c1-17(6-12-4-9(14)7-18-12)13-16-11(8-19-13)5-15-10-2-3-10/h4,7-8,10,15H,2-3,5-6H2,1H3. The number of anilines is 1. The van der Waals surface area contributed by atoms with Crippen LogP contribution in [0.4, 0.5) is 5.13 Å². The molecule has 19 heavy (non-hydrogen) atoms. The molecule has 0 unspecified atom stereocenters. The maximum atomic E-state index is 4.69. The van der Waals surface area contributed by atoms with Gasteiger partial charge in [0.2, 0.25) is 0 Å². The maximum absolute atomic E-state index is 4.69. The second-order valence-electron chi connectivity index (χ2n) is 4.86. The maximum Gasteiger partial charge on any atom is 0.185 e. The van der Waals surface area contributed by atoms with Crippen LogP contribution in [0.25, 0.3) is 0 Å². The zero-order valence-electron chi connectivity index (χ0n) is 10.7. The van der Waals surface area contributed by atoms with Crippen molar-refractivity contribution < 1.29 is 0 Å². The van der Waals surface area contributed by atoms with Gasteiger partial charge in [-0.1, -0.05) is 0 Å². The highest BCUT2D eigenvalue weighted by Crippen LogP contribution is 2.26. The monoisotopic (exact) mass is 357 g/mol. The lowest BCUT2D eigenvalue weighted by molar-refractivity contribution is 0.676. The van der Waals surface area contributed by atoms with Crippen molar-refractivity contribution in [1.82, 2.24) is 10.3 Å². The van der Waals surface area contributed by atoms with Gasteiger partial charge in [-0.05, 0) is 34.8 Å². The van der Waals surface area contributed by atoms with E-state index >= 15 is 0 Å². The SMILES string of the molecule is CN(Cc1cc(Br)cs1)c1nc(CNC2CC2)cs1. The summed E-state index contributed by atoms with van der Waals surface area (Å²) in [7, 11) is 2.10. The second kappa shape index (κ2) is 5.91. The van der Waals surface area contributed by atoms with Crippen LogP contribution in [-0.4, -0.2) is 18.1 Å². The van der Waals surface area contributed by atoms with Crippen molar-refractivity contribution in [2.24, 2.45) is 0 Å². The highest BCUT2D eigenvalue weighted by atomic mass is 79.9. The Hall–Kier alpha value is -0.430. The number of rotatable bonds is 6. The highest BCUT2D eigenvalue weighted by molar-refractivity contribution is 9.10. The predicted octanol–water partition coefficient (Wildman–Crippen LogP) is 3.86. The molecule has 0 aliphatic heterocycles. The Labute approximate surface area is 129 Å². The lowest BCUT2D eigenvalue weighted by atomic mass is 10.4. The van der Waals surface area contributed by atoms with Gasteiger partial charge in [-0.15, -0.1) is 22.7 Å². The first-order valence-corrected chi connectivity index (χ1v) is 8.88. The average Bonchev–Trinajstić information content (AvgIpc) is 2.94. The fourth-order valence-corrected chi connectivity index (χ4v) is 4.12. The van der Waals surface area contributed by atoms with E-state index in [1.807, 2.05) is 0 Å². The van der Waals surface area contributed by atoms with Crippen molar-refractivity contribution >= 4 is 43.7 Å². The number of thiazole rings is 1. The Bertz CT molecular complexity index is 548. The van der Waals surface area contributed by atoms with E-state index in [1.165, 1.54) is 17.7 Å². The molecule has 0 bridgehead atoms. The zero-order chi connectivity index (χ0) is 13.2. The number of nitrogens with zero attached hydrogens (tertiary/aromatic N) is 2. The molecule has 1 N–H and O–H groups in total. The van der Waals surface area contributed by atoms with E-state index in [4.69, 9.17) is 0 Å². The third-order valence-electron chi connectivity index (χ3n) is 3.03. The number of halogens is 1. The molecular formula is C13H16BrN3S2. The summed E-state index contributed by atoms with van der Waals surface area (Å²) >= 11 is 6.99. The largest absolute Gasteiger partial charge is 0.346 e. The molecule has 0 amide bonds. The normalized spacial score (nSPS) is 14.8. The molecule has 6 heteroatoms. The fraction of sp³-hybridized carbons (Fsp3) is 0.462. The minimum Gasteiger partial charge on any atom is -0.346 e. The molecule has 102 valence electrons. The topological polar surface area (TPSA) is 28.2 Å². The smallest absolute Gasteiger partial charge is 0.185 e. The van der Waals surface area contributed by atoms with E-state index in [1.54, 1.807) is 22.7 Å². The van der Waals surface area contributed by atoms with E-state index in [2.05, 4.69) is 55.0 Å². The van der Waals surface area contributed by atoms with Crippen LogP contribution in [0, 0.1) is 0 Å². The summed E-state index contributed by atoms with van der Waals surface area (Å²) in [5, 5.41) is 8.87. The Kier molecular flexibility index (Phi) is 4.21. The Morgan fingerprint density at radius 1 is 1.42 bits per heavy atom. The summed E-state index contributed by atoms with van der Waals surface area (Å²) in [4.78, 5) is 8.25. The summed E-state index contributed by atoms with van der Waals surface area (Å²) in [5.74, 6) is 0. The molecule has 1 fully saturated rings. The van der Waals surface area contributed by atoms with Gasteiger partial charge < -0.3 is 10.2 Å². The van der Waals surface area contributed by atoms with Crippen LogP contribution in [0.3, 0.4) is 0 Å². The predicted molar refractivity (Wildman–Crippen MR) is 86.1 cm³/mol. The van der Waals surface area contributed by atoms with Crippen molar-refractivity contribution in [2.75, 3.05) is 11.9 Å². The average molecular weight is 358 g/mol. The van der Waals surface area contributed by atoms with Crippen molar-refractivity contribution in [3.8, 4) is 0 Å². The Balaban J connectivity index is 1.57. The summed E-state index contributed by atoms with van der Waals surface area (Å²) in [5.41, 5.74) is 1.16. The van der Waals surface area contributed by atoms with Crippen LogP contribution in [0.1, 0.15) is 23.4 Å². The van der Waals surface area contributed by atoms with Crippen LogP contribution in [-0.2, 0) is 13.1 Å². The third-order valence-corrected chi connectivity index (χ3v) is 5.72. The minimum absolute atomic E-state index is 0.742. The highest BCUT2D eigenvalue weighted by Gasteiger charge is 2.20. The van der Waals surface area contributed by atoms with E-state index in [-0.39, 0.29) is 0 Å². The van der Waals surface area contributed by atoms with Gasteiger partial charge in [0.25, 0.3) is 0 Å². The lowest BCUT2D eigenvalue weighted by Crippen LogP contribution is -2.17. The Morgan fingerprint density at radius 3 is 2.95 bits per heavy atom. The van der Waals surface area contributed by atoms with Crippen molar-refractivity contribution in [3.63, 3.8) is 0 Å². The van der Waals surface area contributed by atoms with Gasteiger partial charge >= 0.3 is 0 Å². The van der Waals surface area contributed by atoms with E-state index in [0.29, 0.717) is 0 Å². The van der Waals surface area contributed by atoms with Crippen LogP contribution < -0.4 is 10.2 Å². The van der Waals surface area contributed by atoms with Crippen molar-refractivity contribution in [2.45, 2.75) is 32.0 Å². The number of hydrogen-bond donors (Lipinski definition) is 1. The van der Waals surface area contributed by atoms with Crippen LogP contribution in [0.2, 0.25) is 0 Å². The van der Waals surface area contributed by atoms with Crippen molar-refractivity contribution in [1.29, 1.82) is 0 Å². The zero-order valence-corrected chi connectivity index (χ0v) is 13.9. The van der Waals surface area contributed by atoms with Crippen LogP contribution in [0.15, 0.2) is 21.3 Å². The minimum atomic E-state index is 0.742. The molecule has 0 saturated heterocycles. The summed E-state index contributed by atoms with van der Waals surface area (Å²) < 4.78 is 1.16. The molecule has 0 atom stereocenters. The van der Waals surface area contributed by atoms with Gasteiger partial charge in [-0.2, -0.15) is 0 Å². The number of nitrogens with one attached hydrogen (secondary N) is 1. The molecule has 0 radical (unpaired) electrons. The van der Waals surface area contributed by atoms with Gasteiger partial charge in [0.05, 0.1) is 12.2 Å². The Morgan fingerprint density at radius 2 is 2.26 bits per heavy atom. The molecule has 1 saturated carbocycles. The van der Waals surface area contributed by atoms with Gasteiger partial charge in [0.1, 0.15) is 0 Å². The molecule has 0 aromatic carbocycles. The third kappa shape index (κ3) is 3.78. The number of aromatic nitrogens is 1. The summed E-state index contributed by atoms with van der Waals surface area (Å²) in [6.07, 6.45) is 2.65. The number of thiophene rings is 1. The van der Waals surface area contributed by atoms with Gasteiger partial charge in [-0.3, -0.25) is 0 Å². The molecule has 2 aromatic heterocycles. The molecule has 1 aliphatic carbocycles. The molecule has 3 nitrogen and oxygen atoms in total. The first-order valence-electron chi connectivity index (χ1n) is 6.32. The fourth-order valence-electron chi connectivity index (χ4n) is 1.83.